The molecule has 0 aliphatic heterocycles. The van der Waals surface area contributed by atoms with Crippen molar-refractivity contribution in [1.29, 1.82) is 0 Å². The number of hydrogen-bond donors (Lipinski definition) is 1. The Labute approximate surface area is 97.3 Å². The van der Waals surface area contributed by atoms with Crippen molar-refractivity contribution in [2.24, 2.45) is 5.41 Å². The summed E-state index contributed by atoms with van der Waals surface area (Å²) in [7, 11) is 0. The van der Waals surface area contributed by atoms with E-state index in [9.17, 15) is 4.79 Å². The summed E-state index contributed by atoms with van der Waals surface area (Å²) < 4.78 is 0. The fourth-order valence-electron chi connectivity index (χ4n) is 1.51. The van der Waals surface area contributed by atoms with E-state index >= 15 is 0 Å². The number of rotatable bonds is 3. The summed E-state index contributed by atoms with van der Waals surface area (Å²) in [5.41, 5.74) is 1.11. The molecular formula is C13H20N2O. The van der Waals surface area contributed by atoms with Crippen LogP contribution in [0.3, 0.4) is 0 Å². The molecule has 1 aromatic heterocycles. The molecular weight excluding hydrogens is 200 g/mol. The highest BCUT2D eigenvalue weighted by Gasteiger charge is 2.17. The highest BCUT2D eigenvalue weighted by atomic mass is 16.1. The lowest BCUT2D eigenvalue weighted by molar-refractivity contribution is -0.123. The van der Waals surface area contributed by atoms with E-state index in [1.165, 1.54) is 0 Å². The molecule has 0 radical (unpaired) electrons. The van der Waals surface area contributed by atoms with E-state index in [1.807, 2.05) is 19.1 Å². The molecule has 0 aliphatic carbocycles. The Hall–Kier alpha value is -1.38. The molecule has 1 heterocycles. The smallest absolute Gasteiger partial charge is 0.220 e. The van der Waals surface area contributed by atoms with Gasteiger partial charge in [-0.2, -0.15) is 0 Å². The highest BCUT2D eigenvalue weighted by molar-refractivity contribution is 5.77. The third-order valence-corrected chi connectivity index (χ3v) is 2.27. The molecule has 1 rings (SSSR count). The van der Waals surface area contributed by atoms with Crippen LogP contribution in [0.2, 0.25) is 0 Å². The second-order valence-electron chi connectivity index (χ2n) is 5.31. The topological polar surface area (TPSA) is 42.0 Å². The van der Waals surface area contributed by atoms with Crippen LogP contribution in [0.4, 0.5) is 0 Å². The molecule has 0 bridgehead atoms. The van der Waals surface area contributed by atoms with Crippen molar-refractivity contribution in [3.8, 4) is 0 Å². The number of carbonyl (C=O) groups is 1. The molecule has 1 aromatic rings. The fourth-order valence-corrected chi connectivity index (χ4v) is 1.51. The molecule has 0 aromatic carbocycles. The Balaban J connectivity index is 2.52. The van der Waals surface area contributed by atoms with E-state index in [-0.39, 0.29) is 17.4 Å². The van der Waals surface area contributed by atoms with Crippen molar-refractivity contribution < 1.29 is 4.79 Å². The highest BCUT2D eigenvalue weighted by Crippen LogP contribution is 2.19. The Morgan fingerprint density at radius 1 is 1.38 bits per heavy atom. The van der Waals surface area contributed by atoms with Gasteiger partial charge in [0.15, 0.2) is 0 Å². The van der Waals surface area contributed by atoms with Crippen molar-refractivity contribution in [3.05, 3.63) is 30.1 Å². The van der Waals surface area contributed by atoms with E-state index < -0.39 is 0 Å². The van der Waals surface area contributed by atoms with E-state index in [0.29, 0.717) is 6.42 Å². The predicted octanol–water partition coefficient (Wildman–Crippen LogP) is 2.70. The first kappa shape index (κ1) is 12.7. The van der Waals surface area contributed by atoms with Crippen LogP contribution < -0.4 is 5.32 Å². The van der Waals surface area contributed by atoms with Gasteiger partial charge < -0.3 is 5.32 Å². The van der Waals surface area contributed by atoms with Crippen molar-refractivity contribution in [2.75, 3.05) is 0 Å². The van der Waals surface area contributed by atoms with Gasteiger partial charge in [-0.25, -0.2) is 0 Å². The van der Waals surface area contributed by atoms with Gasteiger partial charge in [0, 0.05) is 18.8 Å². The van der Waals surface area contributed by atoms with Gasteiger partial charge in [0.25, 0.3) is 0 Å². The molecule has 3 nitrogen and oxygen atoms in total. The third kappa shape index (κ3) is 4.43. The zero-order valence-electron chi connectivity index (χ0n) is 10.4. The number of nitrogens with zero attached hydrogens (tertiary/aromatic N) is 1. The Kier molecular flexibility index (Phi) is 4.05. The monoisotopic (exact) mass is 220 g/mol. The summed E-state index contributed by atoms with van der Waals surface area (Å²) in [6.45, 7) is 8.16. The first-order chi connectivity index (χ1) is 7.38. The van der Waals surface area contributed by atoms with Crippen LogP contribution in [0.15, 0.2) is 24.5 Å². The maximum atomic E-state index is 11.7. The molecule has 0 spiro atoms. The number of carbonyl (C=O) groups excluding carboxylic acids is 1. The first-order valence-electron chi connectivity index (χ1n) is 5.58. The molecule has 0 saturated carbocycles. The van der Waals surface area contributed by atoms with Gasteiger partial charge in [-0.05, 0) is 30.0 Å². The molecule has 1 N–H and O–H groups in total. The summed E-state index contributed by atoms with van der Waals surface area (Å²) in [6, 6.07) is 3.88. The quantitative estimate of drug-likeness (QED) is 0.851. The molecule has 88 valence electrons. The van der Waals surface area contributed by atoms with Crippen LogP contribution in [0.1, 0.15) is 45.7 Å². The summed E-state index contributed by atoms with van der Waals surface area (Å²) in [5, 5.41) is 2.99. The van der Waals surface area contributed by atoms with Crippen LogP contribution in [0.5, 0.6) is 0 Å². The lowest BCUT2D eigenvalue weighted by Crippen LogP contribution is -2.29. The maximum Gasteiger partial charge on any atom is 0.220 e. The summed E-state index contributed by atoms with van der Waals surface area (Å²) in [4.78, 5) is 15.7. The van der Waals surface area contributed by atoms with Gasteiger partial charge in [-0.3, -0.25) is 9.78 Å². The van der Waals surface area contributed by atoms with Crippen LogP contribution in [0.25, 0.3) is 0 Å². The van der Waals surface area contributed by atoms with Crippen molar-refractivity contribution in [3.63, 3.8) is 0 Å². The van der Waals surface area contributed by atoms with E-state index in [1.54, 1.807) is 12.4 Å². The minimum Gasteiger partial charge on any atom is -0.350 e. The molecule has 1 atom stereocenters. The average molecular weight is 220 g/mol. The van der Waals surface area contributed by atoms with E-state index in [2.05, 4.69) is 31.1 Å². The Bertz CT molecular complexity index is 341. The van der Waals surface area contributed by atoms with Gasteiger partial charge >= 0.3 is 0 Å². The van der Waals surface area contributed by atoms with Gasteiger partial charge in [-0.1, -0.05) is 20.8 Å². The van der Waals surface area contributed by atoms with Gasteiger partial charge in [0.2, 0.25) is 5.91 Å². The maximum absolute atomic E-state index is 11.7. The van der Waals surface area contributed by atoms with E-state index in [0.717, 1.165) is 5.56 Å². The van der Waals surface area contributed by atoms with E-state index in [4.69, 9.17) is 0 Å². The zero-order chi connectivity index (χ0) is 12.2. The first-order valence-corrected chi connectivity index (χ1v) is 5.58. The van der Waals surface area contributed by atoms with Gasteiger partial charge in [0.1, 0.15) is 0 Å². The second-order valence-corrected chi connectivity index (χ2v) is 5.31. The number of amides is 1. The summed E-state index contributed by atoms with van der Waals surface area (Å²) in [6.07, 6.45) is 4.02. The van der Waals surface area contributed by atoms with Crippen LogP contribution in [-0.2, 0) is 4.79 Å². The molecule has 3 heteroatoms. The predicted molar refractivity (Wildman–Crippen MR) is 64.9 cm³/mol. The molecule has 0 saturated heterocycles. The molecule has 0 aliphatic rings. The van der Waals surface area contributed by atoms with Crippen molar-refractivity contribution in [1.82, 2.24) is 10.3 Å². The molecule has 0 fully saturated rings. The number of pyridine rings is 1. The fraction of sp³-hybridized carbons (Fsp3) is 0.538. The SMILES string of the molecule is C[C@H](NC(=O)CC(C)(C)C)c1ccncc1. The standard InChI is InChI=1S/C13H20N2O/c1-10(11-5-7-14-8-6-11)15-12(16)9-13(2,3)4/h5-8,10H,9H2,1-4H3,(H,15,16)/t10-/m0/s1. The third-order valence-electron chi connectivity index (χ3n) is 2.27. The minimum absolute atomic E-state index is 0.0298. The Morgan fingerprint density at radius 3 is 2.44 bits per heavy atom. The zero-order valence-corrected chi connectivity index (χ0v) is 10.4. The normalized spacial score (nSPS) is 13.2. The lowest BCUT2D eigenvalue weighted by atomic mass is 9.92. The molecule has 0 unspecified atom stereocenters. The van der Waals surface area contributed by atoms with Crippen molar-refractivity contribution in [2.45, 2.75) is 40.2 Å². The molecule has 16 heavy (non-hydrogen) atoms. The number of nitrogens with one attached hydrogen (secondary N) is 1. The van der Waals surface area contributed by atoms with Crippen LogP contribution >= 0.6 is 0 Å². The van der Waals surface area contributed by atoms with Crippen LogP contribution in [-0.4, -0.2) is 10.9 Å². The molecule has 1 amide bonds. The lowest BCUT2D eigenvalue weighted by Gasteiger charge is -2.20. The van der Waals surface area contributed by atoms with Gasteiger partial charge in [0.05, 0.1) is 6.04 Å². The second kappa shape index (κ2) is 5.10. The largest absolute Gasteiger partial charge is 0.350 e. The number of aromatic nitrogens is 1. The summed E-state index contributed by atoms with van der Waals surface area (Å²) in [5.74, 6) is 0.0943. The summed E-state index contributed by atoms with van der Waals surface area (Å²) >= 11 is 0. The van der Waals surface area contributed by atoms with Crippen molar-refractivity contribution >= 4 is 5.91 Å². The average Bonchev–Trinajstić information content (AvgIpc) is 2.16. The minimum atomic E-state index is 0.0298. The van der Waals surface area contributed by atoms with Crippen LogP contribution in [0, 0.1) is 5.41 Å². The Morgan fingerprint density at radius 2 is 1.94 bits per heavy atom. The number of hydrogen-bond acceptors (Lipinski definition) is 2. The van der Waals surface area contributed by atoms with Gasteiger partial charge in [-0.15, -0.1) is 0 Å².